The summed E-state index contributed by atoms with van der Waals surface area (Å²) in [6.45, 7) is 2.17. The molecule has 4 aromatic rings. The normalized spacial score (nSPS) is 16.0. The molecule has 4 heterocycles. The summed E-state index contributed by atoms with van der Waals surface area (Å²) < 4.78 is 0. The first-order valence-corrected chi connectivity index (χ1v) is 12.9. The van der Waals surface area contributed by atoms with Gasteiger partial charge in [-0.2, -0.15) is 0 Å². The Morgan fingerprint density at radius 3 is 2.76 bits per heavy atom. The molecule has 1 aromatic carbocycles. The molecule has 1 saturated heterocycles. The van der Waals surface area contributed by atoms with E-state index in [1.807, 2.05) is 47.8 Å². The third-order valence-corrected chi connectivity index (χ3v) is 7.63. The molecular weight excluding hydrogens is 450 g/mol. The molecule has 1 amide bonds. The van der Waals surface area contributed by atoms with Gasteiger partial charge in [0.05, 0.1) is 16.5 Å². The highest BCUT2D eigenvalue weighted by Gasteiger charge is 2.26. The molecule has 0 saturated carbocycles. The molecule has 1 fully saturated rings. The van der Waals surface area contributed by atoms with Gasteiger partial charge in [-0.25, -0.2) is 4.98 Å². The summed E-state index contributed by atoms with van der Waals surface area (Å²) in [5.41, 5.74) is 3.04. The number of aromatic nitrogens is 3. The standard InChI is InChI=1S/C25H25N5OS2/c31-24(26-13-12-20-17-33-25(27-20)18-6-2-1-3-7-18)19-8-4-14-30(16-19)23-11-10-21(28-29-23)22-9-5-15-32-22/h1-3,5-7,9-11,15,17,19H,4,8,12-14,16H2,(H,26,31). The van der Waals surface area contributed by atoms with Crippen molar-refractivity contribution in [3.63, 3.8) is 0 Å². The van der Waals surface area contributed by atoms with Crippen LogP contribution < -0.4 is 10.2 Å². The van der Waals surface area contributed by atoms with Gasteiger partial charge >= 0.3 is 0 Å². The van der Waals surface area contributed by atoms with Crippen molar-refractivity contribution >= 4 is 34.4 Å². The van der Waals surface area contributed by atoms with Gasteiger partial charge < -0.3 is 10.2 Å². The van der Waals surface area contributed by atoms with Crippen LogP contribution in [0.4, 0.5) is 5.82 Å². The topological polar surface area (TPSA) is 71.0 Å². The van der Waals surface area contributed by atoms with Gasteiger partial charge in [-0.1, -0.05) is 36.4 Å². The average molecular weight is 476 g/mol. The number of thiazole rings is 1. The number of nitrogens with one attached hydrogen (secondary N) is 1. The van der Waals surface area contributed by atoms with E-state index in [-0.39, 0.29) is 11.8 Å². The van der Waals surface area contributed by atoms with E-state index < -0.39 is 0 Å². The lowest BCUT2D eigenvalue weighted by atomic mass is 9.97. The van der Waals surface area contributed by atoms with Gasteiger partial charge in [0.15, 0.2) is 5.82 Å². The Morgan fingerprint density at radius 2 is 1.97 bits per heavy atom. The first kappa shape index (κ1) is 21.7. The predicted octanol–water partition coefficient (Wildman–Crippen LogP) is 4.90. The van der Waals surface area contributed by atoms with Crippen LogP contribution >= 0.6 is 22.7 Å². The Hall–Kier alpha value is -3.10. The van der Waals surface area contributed by atoms with Crippen LogP contribution in [0, 0.1) is 5.92 Å². The molecule has 33 heavy (non-hydrogen) atoms. The highest BCUT2D eigenvalue weighted by Crippen LogP contribution is 2.26. The molecule has 1 atom stereocenters. The van der Waals surface area contributed by atoms with Crippen LogP contribution in [-0.4, -0.2) is 40.7 Å². The lowest BCUT2D eigenvalue weighted by Crippen LogP contribution is -2.43. The molecule has 1 unspecified atom stereocenters. The summed E-state index contributed by atoms with van der Waals surface area (Å²) in [6, 6.07) is 18.3. The Morgan fingerprint density at radius 1 is 1.06 bits per heavy atom. The number of hydrogen-bond acceptors (Lipinski definition) is 7. The highest BCUT2D eigenvalue weighted by atomic mass is 32.1. The Kier molecular flexibility index (Phi) is 6.73. The van der Waals surface area contributed by atoms with Crippen LogP contribution in [-0.2, 0) is 11.2 Å². The minimum absolute atomic E-state index is 0.0344. The first-order valence-electron chi connectivity index (χ1n) is 11.2. The molecule has 0 spiro atoms. The molecule has 0 aliphatic carbocycles. The number of thiophene rings is 1. The molecule has 168 valence electrons. The smallest absolute Gasteiger partial charge is 0.224 e. The van der Waals surface area contributed by atoms with Gasteiger partial charge in [0, 0.05) is 37.0 Å². The fourth-order valence-electron chi connectivity index (χ4n) is 4.04. The van der Waals surface area contributed by atoms with Crippen molar-refractivity contribution in [3.8, 4) is 21.1 Å². The van der Waals surface area contributed by atoms with Crippen LogP contribution in [0.25, 0.3) is 21.1 Å². The molecule has 1 N–H and O–H groups in total. The number of amides is 1. The maximum Gasteiger partial charge on any atom is 0.224 e. The van der Waals surface area contributed by atoms with E-state index in [4.69, 9.17) is 4.98 Å². The Labute approximate surface area is 201 Å². The third-order valence-electron chi connectivity index (χ3n) is 5.79. The SMILES string of the molecule is O=C(NCCc1csc(-c2ccccc2)n1)C1CCCN(c2ccc(-c3cccs3)nn2)C1. The number of piperidine rings is 1. The first-order chi connectivity index (χ1) is 16.3. The van der Waals surface area contributed by atoms with Gasteiger partial charge in [-0.15, -0.1) is 32.9 Å². The zero-order chi connectivity index (χ0) is 22.5. The number of nitrogens with zero attached hydrogens (tertiary/aromatic N) is 4. The van der Waals surface area contributed by atoms with Gasteiger partial charge in [0.2, 0.25) is 5.91 Å². The molecule has 0 radical (unpaired) electrons. The Bertz CT molecular complexity index is 1180. The van der Waals surface area contributed by atoms with Crippen molar-refractivity contribution in [2.45, 2.75) is 19.3 Å². The van der Waals surface area contributed by atoms with Crippen molar-refractivity contribution < 1.29 is 4.79 Å². The predicted molar refractivity (Wildman–Crippen MR) is 135 cm³/mol. The second kappa shape index (κ2) is 10.2. The summed E-state index contributed by atoms with van der Waals surface area (Å²) in [5, 5.41) is 17.1. The molecule has 3 aromatic heterocycles. The monoisotopic (exact) mass is 475 g/mol. The maximum atomic E-state index is 12.8. The molecule has 8 heteroatoms. The zero-order valence-electron chi connectivity index (χ0n) is 18.2. The van der Waals surface area contributed by atoms with Gasteiger partial charge in [0.1, 0.15) is 10.7 Å². The lowest BCUT2D eigenvalue weighted by molar-refractivity contribution is -0.125. The summed E-state index contributed by atoms with van der Waals surface area (Å²) in [4.78, 5) is 20.8. The van der Waals surface area contributed by atoms with Gasteiger partial charge in [-0.3, -0.25) is 4.79 Å². The maximum absolute atomic E-state index is 12.8. The van der Waals surface area contributed by atoms with Crippen LogP contribution in [0.1, 0.15) is 18.5 Å². The average Bonchev–Trinajstić information content (AvgIpc) is 3.58. The van der Waals surface area contributed by atoms with Crippen LogP contribution in [0.3, 0.4) is 0 Å². The highest BCUT2D eigenvalue weighted by molar-refractivity contribution is 7.13. The quantitative estimate of drug-likeness (QED) is 0.411. The minimum Gasteiger partial charge on any atom is -0.355 e. The van der Waals surface area contributed by atoms with Crippen molar-refractivity contribution in [2.24, 2.45) is 5.92 Å². The molecule has 0 bridgehead atoms. The third kappa shape index (κ3) is 5.29. The molecule has 6 nitrogen and oxygen atoms in total. The van der Waals surface area contributed by atoms with Gasteiger partial charge in [0.25, 0.3) is 0 Å². The number of carbonyl (C=O) groups excluding carboxylic acids is 1. The number of anilines is 1. The van der Waals surface area contributed by atoms with Crippen LogP contribution in [0.2, 0.25) is 0 Å². The van der Waals surface area contributed by atoms with E-state index in [9.17, 15) is 4.79 Å². The molecule has 1 aliphatic heterocycles. The Balaban J connectivity index is 1.13. The van der Waals surface area contributed by atoms with Crippen molar-refractivity contribution in [2.75, 3.05) is 24.5 Å². The number of rotatable bonds is 7. The molecule has 5 rings (SSSR count). The summed E-state index contributed by atoms with van der Waals surface area (Å²) in [6.07, 6.45) is 2.61. The lowest BCUT2D eigenvalue weighted by Gasteiger charge is -2.32. The molecule has 1 aliphatic rings. The van der Waals surface area contributed by atoms with E-state index in [0.717, 1.165) is 58.5 Å². The number of carbonyl (C=O) groups is 1. The van der Waals surface area contributed by atoms with Crippen molar-refractivity contribution in [1.82, 2.24) is 20.5 Å². The summed E-state index contributed by atoms with van der Waals surface area (Å²) >= 11 is 3.30. The van der Waals surface area contributed by atoms with Gasteiger partial charge in [-0.05, 0) is 36.4 Å². The largest absolute Gasteiger partial charge is 0.355 e. The zero-order valence-corrected chi connectivity index (χ0v) is 19.8. The fraction of sp³-hybridized carbons (Fsp3) is 0.280. The number of hydrogen-bond donors (Lipinski definition) is 1. The van der Waals surface area contributed by atoms with E-state index in [2.05, 4.69) is 37.9 Å². The van der Waals surface area contributed by atoms with Crippen molar-refractivity contribution in [3.05, 3.63) is 71.1 Å². The van der Waals surface area contributed by atoms with E-state index in [0.29, 0.717) is 13.1 Å². The second-order valence-corrected chi connectivity index (χ2v) is 9.90. The summed E-state index contributed by atoms with van der Waals surface area (Å²) in [5.74, 6) is 0.915. The van der Waals surface area contributed by atoms with E-state index >= 15 is 0 Å². The molecular formula is C25H25N5OS2. The fourth-order valence-corrected chi connectivity index (χ4v) is 5.59. The van der Waals surface area contributed by atoms with E-state index in [1.165, 1.54) is 0 Å². The van der Waals surface area contributed by atoms with Crippen LogP contribution in [0.5, 0.6) is 0 Å². The van der Waals surface area contributed by atoms with Crippen molar-refractivity contribution in [1.29, 1.82) is 0 Å². The minimum atomic E-state index is -0.0344. The summed E-state index contributed by atoms with van der Waals surface area (Å²) in [7, 11) is 0. The number of benzene rings is 1. The second-order valence-electron chi connectivity index (χ2n) is 8.09. The van der Waals surface area contributed by atoms with E-state index in [1.54, 1.807) is 22.7 Å². The van der Waals surface area contributed by atoms with Crippen LogP contribution in [0.15, 0.2) is 65.4 Å².